The first kappa shape index (κ1) is 16.3. The maximum atomic E-state index is 5.08. The summed E-state index contributed by atoms with van der Waals surface area (Å²) in [6.45, 7) is 9.95. The van der Waals surface area contributed by atoms with Gasteiger partial charge < -0.3 is 14.6 Å². The SMILES string of the molecule is CN(CCCCCCNC(C)(C)C)Cc1ccoc1. The largest absolute Gasteiger partial charge is 0.472 e. The van der Waals surface area contributed by atoms with E-state index in [1.165, 1.54) is 31.2 Å². The van der Waals surface area contributed by atoms with Gasteiger partial charge in [-0.25, -0.2) is 0 Å². The molecule has 0 radical (unpaired) electrons. The van der Waals surface area contributed by atoms with Crippen LogP contribution in [0.3, 0.4) is 0 Å². The van der Waals surface area contributed by atoms with Crippen molar-refractivity contribution in [3.05, 3.63) is 24.2 Å². The molecule has 0 saturated carbocycles. The number of hydrogen-bond donors (Lipinski definition) is 1. The predicted molar refractivity (Wildman–Crippen MR) is 81.3 cm³/mol. The second-order valence-corrected chi connectivity index (χ2v) is 6.46. The van der Waals surface area contributed by atoms with E-state index in [0.717, 1.165) is 19.6 Å². The summed E-state index contributed by atoms with van der Waals surface area (Å²) >= 11 is 0. The Morgan fingerprint density at radius 3 is 2.53 bits per heavy atom. The normalized spacial score (nSPS) is 12.3. The third-order valence-electron chi connectivity index (χ3n) is 3.15. The van der Waals surface area contributed by atoms with E-state index in [4.69, 9.17) is 4.42 Å². The highest BCUT2D eigenvalue weighted by Gasteiger charge is 2.07. The first-order valence-electron chi connectivity index (χ1n) is 7.42. The van der Waals surface area contributed by atoms with Crippen LogP contribution in [0.25, 0.3) is 0 Å². The molecule has 0 spiro atoms. The molecule has 3 heteroatoms. The number of unbranched alkanes of at least 4 members (excludes halogenated alkanes) is 3. The lowest BCUT2D eigenvalue weighted by molar-refractivity contribution is 0.314. The molecular formula is C16H30N2O. The predicted octanol–water partition coefficient (Wildman–Crippen LogP) is 3.66. The quantitative estimate of drug-likeness (QED) is 0.691. The van der Waals surface area contributed by atoms with Crippen LogP contribution in [-0.4, -0.2) is 30.6 Å². The van der Waals surface area contributed by atoms with Gasteiger partial charge in [-0.15, -0.1) is 0 Å². The van der Waals surface area contributed by atoms with Gasteiger partial charge in [-0.1, -0.05) is 12.8 Å². The van der Waals surface area contributed by atoms with Crippen LogP contribution >= 0.6 is 0 Å². The molecule has 1 rings (SSSR count). The third kappa shape index (κ3) is 8.84. The van der Waals surface area contributed by atoms with Gasteiger partial charge >= 0.3 is 0 Å². The molecule has 0 unspecified atom stereocenters. The molecule has 3 nitrogen and oxygen atoms in total. The summed E-state index contributed by atoms with van der Waals surface area (Å²) in [4.78, 5) is 2.36. The van der Waals surface area contributed by atoms with Gasteiger partial charge in [-0.3, -0.25) is 0 Å². The van der Waals surface area contributed by atoms with E-state index < -0.39 is 0 Å². The zero-order valence-electron chi connectivity index (χ0n) is 13.0. The van der Waals surface area contributed by atoms with Crippen LogP contribution in [0.4, 0.5) is 0 Å². The van der Waals surface area contributed by atoms with Crippen molar-refractivity contribution in [1.29, 1.82) is 0 Å². The van der Waals surface area contributed by atoms with E-state index in [1.54, 1.807) is 6.26 Å². The first-order chi connectivity index (χ1) is 8.97. The van der Waals surface area contributed by atoms with Crippen molar-refractivity contribution in [2.24, 2.45) is 0 Å². The molecule has 0 amide bonds. The molecule has 0 saturated heterocycles. The number of furan rings is 1. The van der Waals surface area contributed by atoms with Gasteiger partial charge in [0.2, 0.25) is 0 Å². The molecule has 1 heterocycles. The molecule has 0 fully saturated rings. The molecule has 19 heavy (non-hydrogen) atoms. The highest BCUT2D eigenvalue weighted by Crippen LogP contribution is 2.06. The smallest absolute Gasteiger partial charge is 0.0947 e. The fourth-order valence-electron chi connectivity index (χ4n) is 2.10. The van der Waals surface area contributed by atoms with Crippen molar-refractivity contribution in [1.82, 2.24) is 10.2 Å². The first-order valence-corrected chi connectivity index (χ1v) is 7.42. The number of nitrogens with one attached hydrogen (secondary N) is 1. The third-order valence-corrected chi connectivity index (χ3v) is 3.15. The van der Waals surface area contributed by atoms with Gasteiger partial charge in [-0.2, -0.15) is 0 Å². The average Bonchev–Trinajstić information content (AvgIpc) is 2.79. The van der Waals surface area contributed by atoms with Crippen molar-refractivity contribution < 1.29 is 4.42 Å². The van der Waals surface area contributed by atoms with E-state index >= 15 is 0 Å². The van der Waals surface area contributed by atoms with Crippen LogP contribution < -0.4 is 5.32 Å². The van der Waals surface area contributed by atoms with E-state index in [-0.39, 0.29) is 5.54 Å². The van der Waals surface area contributed by atoms with Crippen LogP contribution in [0.1, 0.15) is 52.0 Å². The van der Waals surface area contributed by atoms with Gasteiger partial charge in [0.05, 0.1) is 12.5 Å². The van der Waals surface area contributed by atoms with Gasteiger partial charge in [-0.05, 0) is 59.8 Å². The standard InChI is InChI=1S/C16H30N2O/c1-16(2,3)17-10-7-5-6-8-11-18(4)13-15-9-12-19-14-15/h9,12,14,17H,5-8,10-11,13H2,1-4H3. The number of nitrogens with zero attached hydrogens (tertiary/aromatic N) is 1. The minimum absolute atomic E-state index is 0.255. The van der Waals surface area contributed by atoms with Crippen molar-refractivity contribution >= 4 is 0 Å². The Hall–Kier alpha value is -0.800. The van der Waals surface area contributed by atoms with Gasteiger partial charge in [0.1, 0.15) is 0 Å². The fraction of sp³-hybridized carbons (Fsp3) is 0.750. The minimum atomic E-state index is 0.255. The second kappa shape index (κ2) is 8.39. The molecular weight excluding hydrogens is 236 g/mol. The summed E-state index contributed by atoms with van der Waals surface area (Å²) < 4.78 is 5.08. The zero-order valence-corrected chi connectivity index (χ0v) is 13.0. The van der Waals surface area contributed by atoms with E-state index in [2.05, 4.69) is 38.0 Å². The van der Waals surface area contributed by atoms with Crippen molar-refractivity contribution in [2.75, 3.05) is 20.1 Å². The zero-order chi connectivity index (χ0) is 14.1. The highest BCUT2D eigenvalue weighted by molar-refractivity contribution is 5.04. The molecule has 0 atom stereocenters. The Bertz CT molecular complexity index is 314. The van der Waals surface area contributed by atoms with Crippen LogP contribution in [0.5, 0.6) is 0 Å². The van der Waals surface area contributed by atoms with Crippen LogP contribution in [-0.2, 0) is 6.54 Å². The Balaban J connectivity index is 1.93. The Morgan fingerprint density at radius 2 is 1.89 bits per heavy atom. The molecule has 110 valence electrons. The van der Waals surface area contributed by atoms with Crippen LogP contribution in [0, 0.1) is 0 Å². The molecule has 1 N–H and O–H groups in total. The average molecular weight is 266 g/mol. The lowest BCUT2D eigenvalue weighted by atomic mass is 10.1. The van der Waals surface area contributed by atoms with Gasteiger partial charge in [0.15, 0.2) is 0 Å². The Kier molecular flexibility index (Phi) is 7.17. The summed E-state index contributed by atoms with van der Waals surface area (Å²) in [6.07, 6.45) is 8.77. The van der Waals surface area contributed by atoms with Crippen LogP contribution in [0.15, 0.2) is 23.0 Å². The topological polar surface area (TPSA) is 28.4 Å². The van der Waals surface area contributed by atoms with E-state index in [0.29, 0.717) is 0 Å². The maximum absolute atomic E-state index is 5.08. The molecule has 0 aliphatic heterocycles. The van der Waals surface area contributed by atoms with Crippen molar-refractivity contribution in [3.63, 3.8) is 0 Å². The summed E-state index contributed by atoms with van der Waals surface area (Å²) in [5, 5.41) is 3.53. The molecule has 1 aromatic heterocycles. The van der Waals surface area contributed by atoms with E-state index in [9.17, 15) is 0 Å². The summed E-state index contributed by atoms with van der Waals surface area (Å²) in [5.41, 5.74) is 1.52. The maximum Gasteiger partial charge on any atom is 0.0947 e. The van der Waals surface area contributed by atoms with Crippen molar-refractivity contribution in [2.45, 2.75) is 58.5 Å². The Labute approximate surface area is 118 Å². The van der Waals surface area contributed by atoms with Gasteiger partial charge in [0.25, 0.3) is 0 Å². The second-order valence-electron chi connectivity index (χ2n) is 6.46. The van der Waals surface area contributed by atoms with Gasteiger partial charge in [0, 0.05) is 17.6 Å². The number of rotatable bonds is 9. The van der Waals surface area contributed by atoms with Crippen molar-refractivity contribution in [3.8, 4) is 0 Å². The lowest BCUT2D eigenvalue weighted by Crippen LogP contribution is -2.36. The summed E-state index contributed by atoms with van der Waals surface area (Å²) in [5.74, 6) is 0. The fourth-order valence-corrected chi connectivity index (χ4v) is 2.10. The molecule has 1 aromatic rings. The minimum Gasteiger partial charge on any atom is -0.472 e. The monoisotopic (exact) mass is 266 g/mol. The number of hydrogen-bond acceptors (Lipinski definition) is 3. The van der Waals surface area contributed by atoms with E-state index in [1.807, 2.05) is 12.3 Å². The van der Waals surface area contributed by atoms with Crippen LogP contribution in [0.2, 0.25) is 0 Å². The lowest BCUT2D eigenvalue weighted by Gasteiger charge is -2.20. The summed E-state index contributed by atoms with van der Waals surface area (Å²) in [7, 11) is 2.17. The molecule has 0 aliphatic carbocycles. The summed E-state index contributed by atoms with van der Waals surface area (Å²) in [6, 6.07) is 2.04. The Morgan fingerprint density at radius 1 is 1.16 bits per heavy atom. The molecule has 0 aliphatic rings. The molecule has 0 aromatic carbocycles. The highest BCUT2D eigenvalue weighted by atomic mass is 16.3. The molecule has 0 bridgehead atoms.